The number of nitrogens with zero attached hydrogens (tertiary/aromatic N) is 4. The van der Waals surface area contributed by atoms with Gasteiger partial charge in [0.2, 0.25) is 0 Å². The summed E-state index contributed by atoms with van der Waals surface area (Å²) in [6.07, 6.45) is 9.45. The van der Waals surface area contributed by atoms with Crippen LogP contribution >= 0.6 is 24.0 Å². The van der Waals surface area contributed by atoms with Gasteiger partial charge in [-0.05, 0) is 38.2 Å². The zero-order valence-corrected chi connectivity index (χ0v) is 20.4. The van der Waals surface area contributed by atoms with Gasteiger partial charge in [-0.1, -0.05) is 43.2 Å². The van der Waals surface area contributed by atoms with Crippen LogP contribution in [-0.4, -0.2) is 40.4 Å². The van der Waals surface area contributed by atoms with Gasteiger partial charge in [0, 0.05) is 37.9 Å². The maximum Gasteiger partial charge on any atom is 0.191 e. The molecule has 1 aromatic heterocycles. The fraction of sp³-hybridized carbons (Fsp3) is 0.609. The van der Waals surface area contributed by atoms with E-state index < -0.39 is 0 Å². The highest BCUT2D eigenvalue weighted by atomic mass is 127. The molecule has 0 amide bonds. The normalized spacial score (nSPS) is 17.8. The summed E-state index contributed by atoms with van der Waals surface area (Å²) in [5.74, 6) is 3.17. The first kappa shape index (κ1) is 23.0. The van der Waals surface area contributed by atoms with Gasteiger partial charge in [-0.25, -0.2) is 0 Å². The van der Waals surface area contributed by atoms with Crippen molar-refractivity contribution in [2.24, 2.45) is 4.99 Å². The zero-order chi connectivity index (χ0) is 19.9. The van der Waals surface area contributed by atoms with Crippen LogP contribution in [-0.2, 0) is 24.8 Å². The van der Waals surface area contributed by atoms with Crippen LogP contribution in [0.3, 0.4) is 0 Å². The minimum absolute atomic E-state index is 0. The summed E-state index contributed by atoms with van der Waals surface area (Å²) < 4.78 is 2.33. The summed E-state index contributed by atoms with van der Waals surface area (Å²) in [5, 5.41) is 15.8. The Morgan fingerprint density at radius 3 is 2.63 bits per heavy atom. The molecule has 2 aliphatic rings. The van der Waals surface area contributed by atoms with Gasteiger partial charge in [0.05, 0.1) is 6.54 Å². The van der Waals surface area contributed by atoms with Gasteiger partial charge in [-0.3, -0.25) is 4.99 Å². The third-order valence-electron chi connectivity index (χ3n) is 6.41. The van der Waals surface area contributed by atoms with Gasteiger partial charge in [0.25, 0.3) is 0 Å². The Morgan fingerprint density at radius 2 is 1.90 bits per heavy atom. The van der Waals surface area contributed by atoms with Crippen LogP contribution in [0.5, 0.6) is 0 Å². The first-order valence-corrected chi connectivity index (χ1v) is 11.3. The molecule has 0 saturated heterocycles. The number of aliphatic imine (C=N–C) groups is 1. The van der Waals surface area contributed by atoms with E-state index in [-0.39, 0.29) is 29.4 Å². The highest BCUT2D eigenvalue weighted by molar-refractivity contribution is 14.0. The van der Waals surface area contributed by atoms with E-state index in [0.717, 1.165) is 56.6 Å². The average Bonchev–Trinajstić information content (AvgIpc) is 2.94. The smallest absolute Gasteiger partial charge is 0.191 e. The van der Waals surface area contributed by atoms with Crippen molar-refractivity contribution < 1.29 is 0 Å². The van der Waals surface area contributed by atoms with Crippen molar-refractivity contribution in [2.45, 2.75) is 70.3 Å². The molecule has 2 N–H and O–H groups in total. The summed E-state index contributed by atoms with van der Waals surface area (Å²) in [6, 6.07) is 10.9. The van der Waals surface area contributed by atoms with Crippen molar-refractivity contribution in [2.75, 3.05) is 19.6 Å². The van der Waals surface area contributed by atoms with Gasteiger partial charge in [-0.2, -0.15) is 0 Å². The Labute approximate surface area is 197 Å². The zero-order valence-electron chi connectivity index (χ0n) is 18.1. The fourth-order valence-corrected chi connectivity index (χ4v) is 4.53. The second-order valence-corrected chi connectivity index (χ2v) is 8.37. The van der Waals surface area contributed by atoms with Crippen LogP contribution < -0.4 is 10.6 Å². The van der Waals surface area contributed by atoms with Crippen molar-refractivity contribution in [3.8, 4) is 0 Å². The minimum atomic E-state index is 0. The summed E-state index contributed by atoms with van der Waals surface area (Å²) in [5.41, 5.74) is 1.64. The van der Waals surface area contributed by atoms with Crippen LogP contribution in [0.2, 0.25) is 0 Å². The van der Waals surface area contributed by atoms with E-state index in [0.29, 0.717) is 0 Å². The summed E-state index contributed by atoms with van der Waals surface area (Å²) in [6.45, 7) is 5.71. The molecular weight excluding hydrogens is 487 g/mol. The first-order chi connectivity index (χ1) is 14.3. The van der Waals surface area contributed by atoms with Gasteiger partial charge in [-0.15, -0.1) is 34.2 Å². The predicted octanol–water partition coefficient (Wildman–Crippen LogP) is 3.84. The van der Waals surface area contributed by atoms with E-state index in [2.05, 4.69) is 62.7 Å². The van der Waals surface area contributed by atoms with E-state index in [1.54, 1.807) is 0 Å². The lowest BCUT2D eigenvalue weighted by Gasteiger charge is -2.41. The van der Waals surface area contributed by atoms with E-state index >= 15 is 0 Å². The van der Waals surface area contributed by atoms with Crippen LogP contribution in [0.25, 0.3) is 0 Å². The van der Waals surface area contributed by atoms with Crippen LogP contribution in [0.4, 0.5) is 0 Å². The molecule has 6 nitrogen and oxygen atoms in total. The van der Waals surface area contributed by atoms with Gasteiger partial charge >= 0.3 is 0 Å². The molecule has 0 radical (unpaired) electrons. The number of aryl methyl sites for hydroxylation is 1. The molecule has 1 aromatic carbocycles. The SMILES string of the molecule is CCNC(=NCC1(c2ccccc2)CCC1)NCCc1nnc2n1CCCCC2.I. The first-order valence-electron chi connectivity index (χ1n) is 11.3. The number of hydrogen-bond donors (Lipinski definition) is 2. The van der Waals surface area contributed by atoms with Gasteiger partial charge < -0.3 is 15.2 Å². The molecule has 0 bridgehead atoms. The lowest BCUT2D eigenvalue weighted by Crippen LogP contribution is -2.42. The molecule has 2 heterocycles. The van der Waals surface area contributed by atoms with E-state index in [9.17, 15) is 0 Å². The predicted molar refractivity (Wildman–Crippen MR) is 133 cm³/mol. The Hall–Kier alpha value is -1.64. The standard InChI is InChI=1S/C23H34N6.HI/c1-2-24-22(26-18-23(14-9-15-23)19-10-5-3-6-11-19)25-16-13-21-28-27-20-12-7-4-8-17-29(20)21;/h3,5-6,10-11H,2,4,7-9,12-18H2,1H3,(H2,24,25,26);1H. The number of aromatic nitrogens is 3. The lowest BCUT2D eigenvalue weighted by molar-refractivity contribution is 0.253. The monoisotopic (exact) mass is 522 g/mol. The van der Waals surface area contributed by atoms with E-state index in [1.165, 1.54) is 44.1 Å². The number of rotatable bonds is 7. The fourth-order valence-electron chi connectivity index (χ4n) is 4.53. The molecule has 7 heteroatoms. The molecule has 164 valence electrons. The third kappa shape index (κ3) is 5.34. The molecule has 30 heavy (non-hydrogen) atoms. The van der Waals surface area contributed by atoms with Crippen LogP contribution in [0.15, 0.2) is 35.3 Å². The molecule has 0 unspecified atom stereocenters. The van der Waals surface area contributed by atoms with Gasteiger partial charge in [0.1, 0.15) is 11.6 Å². The molecule has 4 rings (SSSR count). The summed E-state index contributed by atoms with van der Waals surface area (Å²) >= 11 is 0. The third-order valence-corrected chi connectivity index (χ3v) is 6.41. The van der Waals surface area contributed by atoms with Crippen molar-refractivity contribution in [1.82, 2.24) is 25.4 Å². The molecule has 0 atom stereocenters. The number of fused-ring (bicyclic) bond motifs is 1. The Kier molecular flexibility index (Phi) is 8.53. The maximum atomic E-state index is 4.96. The minimum Gasteiger partial charge on any atom is -0.357 e. The van der Waals surface area contributed by atoms with Crippen molar-refractivity contribution in [3.05, 3.63) is 47.5 Å². The lowest BCUT2D eigenvalue weighted by atomic mass is 9.64. The number of hydrogen-bond acceptors (Lipinski definition) is 3. The quantitative estimate of drug-likeness (QED) is 0.330. The highest BCUT2D eigenvalue weighted by Crippen LogP contribution is 2.43. The van der Waals surface area contributed by atoms with Gasteiger partial charge in [0.15, 0.2) is 5.96 Å². The second kappa shape index (κ2) is 11.1. The van der Waals surface area contributed by atoms with Crippen LogP contribution in [0, 0.1) is 0 Å². The number of nitrogens with one attached hydrogen (secondary N) is 2. The second-order valence-electron chi connectivity index (χ2n) is 8.37. The van der Waals surface area contributed by atoms with Crippen molar-refractivity contribution >= 4 is 29.9 Å². The molecule has 1 aliphatic carbocycles. The van der Waals surface area contributed by atoms with Crippen molar-refractivity contribution in [1.29, 1.82) is 0 Å². The molecule has 1 saturated carbocycles. The molecule has 1 aliphatic heterocycles. The van der Waals surface area contributed by atoms with Crippen molar-refractivity contribution in [3.63, 3.8) is 0 Å². The number of benzene rings is 1. The summed E-state index contributed by atoms with van der Waals surface area (Å²) in [4.78, 5) is 4.96. The molecule has 2 aromatic rings. The maximum absolute atomic E-state index is 4.96. The Bertz CT molecular complexity index is 812. The average molecular weight is 522 g/mol. The molecule has 0 spiro atoms. The number of halogens is 1. The summed E-state index contributed by atoms with van der Waals surface area (Å²) in [7, 11) is 0. The largest absolute Gasteiger partial charge is 0.357 e. The van der Waals surface area contributed by atoms with Crippen LogP contribution in [0.1, 0.15) is 62.7 Å². The Balaban J connectivity index is 0.00000256. The topological polar surface area (TPSA) is 67.1 Å². The molecular formula is C23H35IN6. The Morgan fingerprint density at radius 1 is 1.07 bits per heavy atom. The van der Waals surface area contributed by atoms with E-state index in [1.807, 2.05) is 0 Å². The number of guanidine groups is 1. The molecule has 1 fully saturated rings. The van der Waals surface area contributed by atoms with E-state index in [4.69, 9.17) is 4.99 Å². The highest BCUT2D eigenvalue weighted by Gasteiger charge is 2.38.